The predicted molar refractivity (Wildman–Crippen MR) is 171 cm³/mol. The Morgan fingerprint density at radius 3 is 2.49 bits per heavy atom. The number of thioether (sulfide) groups is 1. The summed E-state index contributed by atoms with van der Waals surface area (Å²) in [6.45, 7) is 4.78. The molecule has 3 amide bonds. The van der Waals surface area contributed by atoms with Crippen LogP contribution < -0.4 is 16.0 Å². The third kappa shape index (κ3) is 7.73. The smallest absolute Gasteiger partial charge is 0.254 e. The van der Waals surface area contributed by atoms with Gasteiger partial charge < -0.3 is 20.5 Å². The molecule has 222 valence electrons. The molecule has 0 bridgehead atoms. The number of nitrogens with one attached hydrogen (secondary N) is 3. The summed E-state index contributed by atoms with van der Waals surface area (Å²) in [7, 11) is 0. The van der Waals surface area contributed by atoms with Gasteiger partial charge in [-0.2, -0.15) is 0 Å². The lowest BCUT2D eigenvalue weighted by Crippen LogP contribution is -2.26. The fourth-order valence-corrected chi connectivity index (χ4v) is 6.98. The van der Waals surface area contributed by atoms with Crippen molar-refractivity contribution in [2.75, 3.05) is 11.1 Å². The van der Waals surface area contributed by atoms with Crippen LogP contribution in [0, 0.1) is 0 Å². The first-order valence-corrected chi connectivity index (χ1v) is 16.1. The van der Waals surface area contributed by atoms with Gasteiger partial charge in [0.2, 0.25) is 5.91 Å². The largest absolute Gasteiger partial charge is 0.348 e. The van der Waals surface area contributed by atoms with Gasteiger partial charge in [-0.25, -0.2) is 0 Å². The van der Waals surface area contributed by atoms with E-state index in [4.69, 9.17) is 11.6 Å². The van der Waals surface area contributed by atoms with Crippen molar-refractivity contribution < 1.29 is 14.4 Å². The summed E-state index contributed by atoms with van der Waals surface area (Å²) in [4.78, 5) is 40.2. The molecular formula is C31H31ClN6O3S2. The van der Waals surface area contributed by atoms with Crippen molar-refractivity contribution in [3.63, 3.8) is 0 Å². The topological polar surface area (TPSA) is 118 Å². The molecule has 0 fully saturated rings. The minimum atomic E-state index is -0.263. The molecular weight excluding hydrogens is 604 g/mol. The normalized spacial score (nSPS) is 12.3. The maximum absolute atomic E-state index is 13.3. The summed E-state index contributed by atoms with van der Waals surface area (Å²) >= 11 is 8.63. The number of allylic oxidation sites excluding steroid dienone is 1. The van der Waals surface area contributed by atoms with Crippen molar-refractivity contribution in [3.8, 4) is 0 Å². The highest BCUT2D eigenvalue weighted by molar-refractivity contribution is 7.99. The fourth-order valence-electron chi connectivity index (χ4n) is 4.79. The Labute approximate surface area is 263 Å². The second-order valence-corrected chi connectivity index (χ2v) is 12.4. The van der Waals surface area contributed by atoms with Gasteiger partial charge in [-0.3, -0.25) is 14.4 Å². The maximum atomic E-state index is 13.3. The van der Waals surface area contributed by atoms with Crippen LogP contribution in [0.1, 0.15) is 55.4 Å². The van der Waals surface area contributed by atoms with Crippen molar-refractivity contribution in [1.82, 2.24) is 25.4 Å². The molecule has 1 aliphatic rings. The summed E-state index contributed by atoms with van der Waals surface area (Å²) in [6.07, 6.45) is 5.53. The Balaban J connectivity index is 1.23. The van der Waals surface area contributed by atoms with E-state index < -0.39 is 0 Å². The van der Waals surface area contributed by atoms with Gasteiger partial charge in [-0.05, 0) is 61.1 Å². The van der Waals surface area contributed by atoms with E-state index in [-0.39, 0.29) is 30.0 Å². The number of hydrogen-bond acceptors (Lipinski definition) is 7. The van der Waals surface area contributed by atoms with Crippen molar-refractivity contribution in [2.24, 2.45) is 0 Å². The Kier molecular flexibility index (Phi) is 10.3. The number of carbonyl (C=O) groups excluding carboxylic acids is 3. The number of rotatable bonds is 12. The monoisotopic (exact) mass is 634 g/mol. The number of benzene rings is 2. The summed E-state index contributed by atoms with van der Waals surface area (Å²) in [6, 6.07) is 16.3. The van der Waals surface area contributed by atoms with Gasteiger partial charge in [0.1, 0.15) is 5.00 Å². The molecule has 0 saturated carbocycles. The first kappa shape index (κ1) is 30.5. The lowest BCUT2D eigenvalue weighted by molar-refractivity contribution is -0.113. The number of aromatic nitrogens is 3. The zero-order chi connectivity index (χ0) is 30.2. The fraction of sp³-hybridized carbons (Fsp3) is 0.258. The van der Waals surface area contributed by atoms with E-state index in [0.29, 0.717) is 45.2 Å². The highest BCUT2D eigenvalue weighted by atomic mass is 35.5. The van der Waals surface area contributed by atoms with Gasteiger partial charge >= 0.3 is 0 Å². The molecule has 2 aromatic heterocycles. The van der Waals surface area contributed by atoms with Crippen LogP contribution >= 0.6 is 34.7 Å². The maximum Gasteiger partial charge on any atom is 0.254 e. The molecule has 1 aliphatic carbocycles. The van der Waals surface area contributed by atoms with Crippen molar-refractivity contribution in [3.05, 3.63) is 105 Å². The molecule has 2 heterocycles. The van der Waals surface area contributed by atoms with Crippen LogP contribution in [0.4, 0.5) is 5.00 Å². The Bertz CT molecular complexity index is 1620. The molecule has 43 heavy (non-hydrogen) atoms. The number of fused-ring (bicyclic) bond motifs is 1. The second-order valence-electron chi connectivity index (χ2n) is 9.91. The molecule has 2 aromatic carbocycles. The molecule has 0 spiro atoms. The van der Waals surface area contributed by atoms with Gasteiger partial charge in [-0.1, -0.05) is 59.8 Å². The number of aryl methyl sites for hydroxylation is 1. The van der Waals surface area contributed by atoms with Gasteiger partial charge in [-0.15, -0.1) is 28.1 Å². The van der Waals surface area contributed by atoms with E-state index in [2.05, 4.69) is 32.7 Å². The molecule has 12 heteroatoms. The standard InChI is InChI=1S/C31H31ClN6O3S2/c1-2-16-38-25(18-34-28(40)21-12-14-22(32)15-13-21)36-37-31(38)42-19-26(39)35-30-27(23-10-6-7-11-24(23)43-30)29(41)33-17-20-8-4-3-5-9-20/h2-5,8-9,12-15H,1,6-7,10-11,16-19H2,(H,33,41)(H,34,40)(H,35,39). The van der Waals surface area contributed by atoms with Crippen LogP contribution in [0.15, 0.2) is 72.4 Å². The minimum absolute atomic E-state index is 0.0695. The van der Waals surface area contributed by atoms with Gasteiger partial charge in [0, 0.05) is 28.6 Å². The highest BCUT2D eigenvalue weighted by Gasteiger charge is 2.26. The van der Waals surface area contributed by atoms with E-state index >= 15 is 0 Å². The Hall–Kier alpha value is -3.93. The quantitative estimate of drug-likeness (QED) is 0.137. The van der Waals surface area contributed by atoms with E-state index in [9.17, 15) is 14.4 Å². The summed E-state index contributed by atoms with van der Waals surface area (Å²) < 4.78 is 1.80. The SMILES string of the molecule is C=CCn1c(CNC(=O)c2ccc(Cl)cc2)nnc1SCC(=O)Nc1sc2c(c1C(=O)NCc1ccccc1)CCCC2. The van der Waals surface area contributed by atoms with Gasteiger partial charge in [0.05, 0.1) is 17.9 Å². The second kappa shape index (κ2) is 14.5. The molecule has 3 N–H and O–H groups in total. The van der Waals surface area contributed by atoms with Crippen LogP contribution in [-0.4, -0.2) is 38.2 Å². The zero-order valence-electron chi connectivity index (χ0n) is 23.4. The number of halogens is 1. The molecule has 5 rings (SSSR count). The Morgan fingerprint density at radius 2 is 1.72 bits per heavy atom. The lowest BCUT2D eigenvalue weighted by atomic mass is 9.95. The van der Waals surface area contributed by atoms with Crippen molar-refractivity contribution in [2.45, 2.75) is 50.5 Å². The number of nitrogens with zero attached hydrogens (tertiary/aromatic N) is 3. The highest BCUT2D eigenvalue weighted by Crippen LogP contribution is 2.38. The van der Waals surface area contributed by atoms with Crippen LogP contribution in [0.3, 0.4) is 0 Å². The van der Waals surface area contributed by atoms with E-state index in [1.165, 1.54) is 23.1 Å². The van der Waals surface area contributed by atoms with E-state index in [1.807, 2.05) is 30.3 Å². The summed E-state index contributed by atoms with van der Waals surface area (Å²) in [5, 5.41) is 19.0. The third-order valence-electron chi connectivity index (χ3n) is 6.90. The third-order valence-corrected chi connectivity index (χ3v) is 9.32. The van der Waals surface area contributed by atoms with Gasteiger partial charge in [0.25, 0.3) is 11.8 Å². The molecule has 0 atom stereocenters. The number of anilines is 1. The van der Waals surface area contributed by atoms with Gasteiger partial charge in [0.15, 0.2) is 11.0 Å². The van der Waals surface area contributed by atoms with Crippen molar-refractivity contribution in [1.29, 1.82) is 0 Å². The minimum Gasteiger partial charge on any atom is -0.348 e. The van der Waals surface area contributed by atoms with E-state index in [1.54, 1.807) is 34.9 Å². The van der Waals surface area contributed by atoms with E-state index in [0.717, 1.165) is 41.7 Å². The zero-order valence-corrected chi connectivity index (χ0v) is 25.8. The van der Waals surface area contributed by atoms with Crippen LogP contribution in [0.5, 0.6) is 0 Å². The predicted octanol–water partition coefficient (Wildman–Crippen LogP) is 5.65. The number of amides is 3. The average Bonchev–Trinajstić information content (AvgIpc) is 3.58. The number of hydrogen-bond donors (Lipinski definition) is 3. The molecule has 0 unspecified atom stereocenters. The number of carbonyl (C=O) groups is 3. The molecule has 4 aromatic rings. The first-order chi connectivity index (χ1) is 20.9. The van der Waals surface area contributed by atoms with Crippen LogP contribution in [0.2, 0.25) is 5.02 Å². The number of thiophene rings is 1. The summed E-state index contributed by atoms with van der Waals surface area (Å²) in [5.41, 5.74) is 3.10. The first-order valence-electron chi connectivity index (χ1n) is 13.9. The van der Waals surface area contributed by atoms with Crippen LogP contribution in [0.25, 0.3) is 0 Å². The lowest BCUT2D eigenvalue weighted by Gasteiger charge is -2.13. The van der Waals surface area contributed by atoms with Crippen molar-refractivity contribution >= 4 is 57.4 Å². The summed E-state index contributed by atoms with van der Waals surface area (Å²) in [5.74, 6) is -0.0807. The van der Waals surface area contributed by atoms with Crippen LogP contribution in [-0.2, 0) is 37.3 Å². The Morgan fingerprint density at radius 1 is 0.977 bits per heavy atom. The molecule has 0 saturated heterocycles. The molecule has 0 aliphatic heterocycles. The molecule has 9 nitrogen and oxygen atoms in total. The molecule has 0 radical (unpaired) electrons. The average molecular weight is 635 g/mol.